The zero-order valence-electron chi connectivity index (χ0n) is 9.42. The molecule has 2 aromatic heterocycles. The normalized spacial score (nSPS) is 11.0. The fourth-order valence-electron chi connectivity index (χ4n) is 1.85. The third-order valence-electron chi connectivity index (χ3n) is 2.69. The summed E-state index contributed by atoms with van der Waals surface area (Å²) in [4.78, 5) is 8.14. The first-order chi connectivity index (χ1) is 8.79. The monoisotopic (exact) mass is 243 g/mol. The Kier molecular flexibility index (Phi) is 2.49. The van der Waals surface area contributed by atoms with Gasteiger partial charge >= 0.3 is 0 Å². The second-order valence-corrected chi connectivity index (χ2v) is 3.80. The Balaban J connectivity index is 2.20. The smallest absolute Gasteiger partial charge is 0.149 e. The lowest BCUT2D eigenvalue weighted by Gasteiger charge is -2.05. The van der Waals surface area contributed by atoms with Crippen LogP contribution in [-0.2, 0) is 6.54 Å². The number of nitrogens with zero attached hydrogens (tertiary/aromatic N) is 4. The standard InChI is InChI=1S/C12H10FN5/c13-10-3-1-2-8-4-9(6-15-12(8)10)18-11(5-14)16-7-17-18/h1-4,6-7H,5,14H2. The van der Waals surface area contributed by atoms with Crippen LogP contribution in [0.2, 0.25) is 0 Å². The number of pyridine rings is 1. The molecule has 0 aliphatic heterocycles. The minimum Gasteiger partial charge on any atom is -0.324 e. The highest BCUT2D eigenvalue weighted by atomic mass is 19.1. The molecule has 3 rings (SSSR count). The second kappa shape index (κ2) is 4.15. The summed E-state index contributed by atoms with van der Waals surface area (Å²) in [6, 6.07) is 6.64. The number of para-hydroxylation sites is 1. The van der Waals surface area contributed by atoms with E-state index in [1.807, 2.05) is 0 Å². The van der Waals surface area contributed by atoms with E-state index in [4.69, 9.17) is 5.73 Å². The summed E-state index contributed by atoms with van der Waals surface area (Å²) in [7, 11) is 0. The van der Waals surface area contributed by atoms with Crippen LogP contribution in [-0.4, -0.2) is 19.7 Å². The zero-order chi connectivity index (χ0) is 12.5. The second-order valence-electron chi connectivity index (χ2n) is 3.80. The van der Waals surface area contributed by atoms with Gasteiger partial charge in [0.15, 0.2) is 0 Å². The lowest BCUT2D eigenvalue weighted by Crippen LogP contribution is -2.08. The average molecular weight is 243 g/mol. The first-order valence-corrected chi connectivity index (χ1v) is 5.43. The number of hydrogen-bond acceptors (Lipinski definition) is 4. The number of rotatable bonds is 2. The Hall–Kier alpha value is -2.34. The summed E-state index contributed by atoms with van der Waals surface area (Å²) in [5, 5.41) is 4.79. The summed E-state index contributed by atoms with van der Waals surface area (Å²) < 4.78 is 15.1. The van der Waals surface area contributed by atoms with Crippen molar-refractivity contribution in [3.63, 3.8) is 0 Å². The summed E-state index contributed by atoms with van der Waals surface area (Å²) >= 11 is 0. The van der Waals surface area contributed by atoms with E-state index in [1.54, 1.807) is 29.1 Å². The highest BCUT2D eigenvalue weighted by Gasteiger charge is 2.07. The van der Waals surface area contributed by atoms with Crippen molar-refractivity contribution >= 4 is 10.9 Å². The van der Waals surface area contributed by atoms with Gasteiger partial charge < -0.3 is 5.73 Å². The quantitative estimate of drug-likeness (QED) is 0.738. The highest BCUT2D eigenvalue weighted by molar-refractivity contribution is 5.80. The maximum Gasteiger partial charge on any atom is 0.149 e. The van der Waals surface area contributed by atoms with E-state index >= 15 is 0 Å². The molecule has 0 aliphatic rings. The van der Waals surface area contributed by atoms with Gasteiger partial charge in [-0.3, -0.25) is 4.98 Å². The molecule has 0 aliphatic carbocycles. The zero-order valence-corrected chi connectivity index (χ0v) is 9.42. The molecule has 0 spiro atoms. The third kappa shape index (κ3) is 1.63. The van der Waals surface area contributed by atoms with Crippen LogP contribution in [0.4, 0.5) is 4.39 Å². The average Bonchev–Trinajstić information content (AvgIpc) is 2.87. The number of hydrogen-bond donors (Lipinski definition) is 1. The lowest BCUT2D eigenvalue weighted by molar-refractivity contribution is 0.636. The fraction of sp³-hybridized carbons (Fsp3) is 0.0833. The first kappa shape index (κ1) is 10.8. The van der Waals surface area contributed by atoms with Crippen LogP contribution in [0.15, 0.2) is 36.8 Å². The Labute approximate surface area is 102 Å². The van der Waals surface area contributed by atoms with Gasteiger partial charge in [-0.2, -0.15) is 5.10 Å². The lowest BCUT2D eigenvalue weighted by atomic mass is 10.2. The number of benzene rings is 1. The number of halogens is 1. The van der Waals surface area contributed by atoms with Crippen molar-refractivity contribution in [1.29, 1.82) is 0 Å². The Bertz CT molecular complexity index is 707. The number of aromatic nitrogens is 4. The van der Waals surface area contributed by atoms with Gasteiger partial charge in [-0.25, -0.2) is 14.1 Å². The largest absolute Gasteiger partial charge is 0.324 e. The first-order valence-electron chi connectivity index (χ1n) is 5.43. The van der Waals surface area contributed by atoms with Gasteiger partial charge in [-0.05, 0) is 12.1 Å². The van der Waals surface area contributed by atoms with E-state index in [9.17, 15) is 4.39 Å². The molecule has 0 amide bonds. The van der Waals surface area contributed by atoms with Crippen LogP contribution in [0.25, 0.3) is 16.6 Å². The minimum absolute atomic E-state index is 0.279. The van der Waals surface area contributed by atoms with Gasteiger partial charge in [-0.15, -0.1) is 0 Å². The van der Waals surface area contributed by atoms with Crippen LogP contribution in [0.1, 0.15) is 5.82 Å². The molecule has 0 radical (unpaired) electrons. The van der Waals surface area contributed by atoms with E-state index in [2.05, 4.69) is 15.1 Å². The van der Waals surface area contributed by atoms with Crippen LogP contribution < -0.4 is 5.73 Å². The summed E-state index contributed by atoms with van der Waals surface area (Å²) in [5.41, 5.74) is 6.62. The molecule has 0 unspecified atom stereocenters. The van der Waals surface area contributed by atoms with Crippen LogP contribution in [0, 0.1) is 5.82 Å². The molecule has 90 valence electrons. The van der Waals surface area contributed by atoms with Gasteiger partial charge in [0.2, 0.25) is 0 Å². The summed E-state index contributed by atoms with van der Waals surface area (Å²) in [6.45, 7) is 0.279. The molecule has 0 bridgehead atoms. The van der Waals surface area contributed by atoms with Gasteiger partial charge in [0.1, 0.15) is 23.5 Å². The van der Waals surface area contributed by atoms with Crippen molar-refractivity contribution in [2.75, 3.05) is 0 Å². The van der Waals surface area contributed by atoms with Crippen molar-refractivity contribution in [2.45, 2.75) is 6.54 Å². The van der Waals surface area contributed by atoms with Gasteiger partial charge in [-0.1, -0.05) is 12.1 Å². The molecule has 0 atom stereocenters. The third-order valence-corrected chi connectivity index (χ3v) is 2.69. The summed E-state index contributed by atoms with van der Waals surface area (Å²) in [6.07, 6.45) is 2.98. The SMILES string of the molecule is NCc1ncnn1-c1cnc2c(F)cccc2c1. The molecule has 2 heterocycles. The van der Waals surface area contributed by atoms with Crippen LogP contribution in [0.3, 0.4) is 0 Å². The molecule has 0 fully saturated rings. The van der Waals surface area contributed by atoms with Gasteiger partial charge in [0.25, 0.3) is 0 Å². The maximum atomic E-state index is 13.5. The van der Waals surface area contributed by atoms with E-state index < -0.39 is 0 Å². The molecule has 6 heteroatoms. The molecule has 5 nitrogen and oxygen atoms in total. The van der Waals surface area contributed by atoms with Crippen molar-refractivity contribution in [2.24, 2.45) is 5.73 Å². The maximum absolute atomic E-state index is 13.5. The molecule has 18 heavy (non-hydrogen) atoms. The molecular formula is C12H10FN5. The molecule has 1 aromatic carbocycles. The van der Waals surface area contributed by atoms with E-state index in [0.717, 1.165) is 0 Å². The van der Waals surface area contributed by atoms with E-state index in [1.165, 1.54) is 12.4 Å². The van der Waals surface area contributed by atoms with Crippen LogP contribution >= 0.6 is 0 Å². The molecule has 3 aromatic rings. The van der Waals surface area contributed by atoms with E-state index in [-0.39, 0.29) is 12.4 Å². The Morgan fingerprint density at radius 3 is 3.00 bits per heavy atom. The molecule has 2 N–H and O–H groups in total. The van der Waals surface area contributed by atoms with Crippen molar-refractivity contribution in [3.8, 4) is 5.69 Å². The topological polar surface area (TPSA) is 69.6 Å². The van der Waals surface area contributed by atoms with Crippen molar-refractivity contribution < 1.29 is 4.39 Å². The molecule has 0 saturated heterocycles. The minimum atomic E-state index is -0.336. The van der Waals surface area contributed by atoms with Gasteiger partial charge in [0, 0.05) is 5.39 Å². The van der Waals surface area contributed by atoms with Crippen molar-refractivity contribution in [1.82, 2.24) is 19.7 Å². The van der Waals surface area contributed by atoms with Crippen LogP contribution in [0.5, 0.6) is 0 Å². The van der Waals surface area contributed by atoms with Crippen molar-refractivity contribution in [3.05, 3.63) is 48.4 Å². The Morgan fingerprint density at radius 2 is 2.17 bits per heavy atom. The van der Waals surface area contributed by atoms with Gasteiger partial charge in [0.05, 0.1) is 18.4 Å². The predicted molar refractivity (Wildman–Crippen MR) is 64.5 cm³/mol. The highest BCUT2D eigenvalue weighted by Crippen LogP contribution is 2.18. The Morgan fingerprint density at radius 1 is 1.28 bits per heavy atom. The molecular weight excluding hydrogens is 233 g/mol. The fourth-order valence-corrected chi connectivity index (χ4v) is 1.85. The number of nitrogens with two attached hydrogens (primary N) is 1. The van der Waals surface area contributed by atoms with E-state index in [0.29, 0.717) is 22.4 Å². The summed E-state index contributed by atoms with van der Waals surface area (Å²) in [5.74, 6) is 0.296. The molecule has 0 saturated carbocycles. The predicted octanol–water partition coefficient (Wildman–Crippen LogP) is 1.41. The number of fused-ring (bicyclic) bond motifs is 1.